The number of hydrogen-bond acceptors (Lipinski definition) is 3. The van der Waals surface area contributed by atoms with E-state index in [1.807, 2.05) is 42.5 Å². The molecule has 1 amide bonds. The summed E-state index contributed by atoms with van der Waals surface area (Å²) in [4.78, 5) is 12.7. The highest BCUT2D eigenvalue weighted by molar-refractivity contribution is 5.94. The van der Waals surface area contributed by atoms with Gasteiger partial charge >= 0.3 is 0 Å². The third-order valence-corrected chi connectivity index (χ3v) is 7.20. The van der Waals surface area contributed by atoms with Gasteiger partial charge in [0.05, 0.1) is 12.1 Å². The molecule has 146 valence electrons. The van der Waals surface area contributed by atoms with Gasteiger partial charge in [-0.1, -0.05) is 36.8 Å². The SMILES string of the molecule is O=C(NC1C(O)C2CC1C1CCCC21)c1ccc(OCc2ccccc2)cc1. The fraction of sp³-hybridized carbons (Fsp3) is 0.458. The molecule has 3 fully saturated rings. The summed E-state index contributed by atoms with van der Waals surface area (Å²) in [6.45, 7) is 0.506. The molecule has 4 nitrogen and oxygen atoms in total. The van der Waals surface area contributed by atoms with Crippen LogP contribution in [0.4, 0.5) is 0 Å². The Labute approximate surface area is 165 Å². The first-order valence-electron chi connectivity index (χ1n) is 10.5. The van der Waals surface area contributed by atoms with E-state index in [1.54, 1.807) is 12.1 Å². The van der Waals surface area contributed by atoms with Gasteiger partial charge in [0.2, 0.25) is 0 Å². The van der Waals surface area contributed by atoms with Crippen molar-refractivity contribution in [2.24, 2.45) is 23.7 Å². The third-order valence-electron chi connectivity index (χ3n) is 7.20. The summed E-state index contributed by atoms with van der Waals surface area (Å²) >= 11 is 0. The lowest BCUT2D eigenvalue weighted by atomic mass is 9.77. The van der Waals surface area contributed by atoms with Crippen molar-refractivity contribution in [3.8, 4) is 5.75 Å². The van der Waals surface area contributed by atoms with Crippen LogP contribution in [-0.4, -0.2) is 23.2 Å². The Morgan fingerprint density at radius 1 is 0.964 bits per heavy atom. The van der Waals surface area contributed by atoms with Gasteiger partial charge in [-0.3, -0.25) is 4.79 Å². The summed E-state index contributed by atoms with van der Waals surface area (Å²) in [5.41, 5.74) is 1.73. The third kappa shape index (κ3) is 3.10. The zero-order valence-electron chi connectivity index (χ0n) is 16.0. The number of hydrogen-bond donors (Lipinski definition) is 2. The molecule has 2 N–H and O–H groups in total. The van der Waals surface area contributed by atoms with Gasteiger partial charge in [-0.25, -0.2) is 0 Å². The second kappa shape index (κ2) is 7.25. The number of aliphatic hydroxyl groups excluding tert-OH is 1. The van der Waals surface area contributed by atoms with E-state index in [0.29, 0.717) is 35.8 Å². The van der Waals surface area contributed by atoms with Crippen molar-refractivity contribution < 1.29 is 14.6 Å². The van der Waals surface area contributed by atoms with Crippen molar-refractivity contribution in [3.05, 3.63) is 65.7 Å². The van der Waals surface area contributed by atoms with E-state index in [1.165, 1.54) is 19.3 Å². The quantitative estimate of drug-likeness (QED) is 0.833. The Balaban J connectivity index is 1.20. The number of nitrogens with one attached hydrogen (secondary N) is 1. The molecular formula is C24H27NO3. The Morgan fingerprint density at radius 2 is 1.68 bits per heavy atom. The van der Waals surface area contributed by atoms with Gasteiger partial charge in [-0.15, -0.1) is 0 Å². The molecule has 0 aliphatic heterocycles. The molecule has 0 spiro atoms. The number of fused-ring (bicyclic) bond motifs is 5. The highest BCUT2D eigenvalue weighted by atomic mass is 16.5. The summed E-state index contributed by atoms with van der Waals surface area (Å²) in [5.74, 6) is 2.87. The van der Waals surface area contributed by atoms with Crippen molar-refractivity contribution >= 4 is 5.91 Å². The van der Waals surface area contributed by atoms with Crippen LogP contribution in [0.15, 0.2) is 54.6 Å². The molecule has 6 unspecified atom stereocenters. The Bertz CT molecular complexity index is 835. The van der Waals surface area contributed by atoms with Crippen molar-refractivity contribution in [1.82, 2.24) is 5.32 Å². The van der Waals surface area contributed by atoms with E-state index in [-0.39, 0.29) is 18.1 Å². The van der Waals surface area contributed by atoms with Crippen LogP contribution in [0.5, 0.6) is 5.75 Å². The highest BCUT2D eigenvalue weighted by Gasteiger charge is 2.58. The van der Waals surface area contributed by atoms with Gasteiger partial charge < -0.3 is 15.2 Å². The van der Waals surface area contributed by atoms with E-state index < -0.39 is 0 Å². The predicted octanol–water partition coefficient (Wildman–Crippen LogP) is 3.79. The Morgan fingerprint density at radius 3 is 2.43 bits per heavy atom. The molecule has 3 saturated carbocycles. The summed E-state index contributed by atoms with van der Waals surface area (Å²) in [5, 5.41) is 13.8. The Kier molecular flexibility index (Phi) is 4.59. The first-order valence-corrected chi connectivity index (χ1v) is 10.5. The molecular weight excluding hydrogens is 350 g/mol. The van der Waals surface area contributed by atoms with Crippen molar-refractivity contribution in [2.45, 2.75) is 44.4 Å². The van der Waals surface area contributed by atoms with Crippen LogP contribution >= 0.6 is 0 Å². The monoisotopic (exact) mass is 377 g/mol. The summed E-state index contributed by atoms with van der Waals surface area (Å²) in [6.07, 6.45) is 4.49. The fourth-order valence-corrected chi connectivity index (χ4v) is 5.94. The molecule has 0 heterocycles. The zero-order chi connectivity index (χ0) is 19.1. The molecule has 2 aromatic rings. The maximum atomic E-state index is 12.7. The van der Waals surface area contributed by atoms with Crippen LogP contribution < -0.4 is 10.1 Å². The van der Waals surface area contributed by atoms with Gasteiger partial charge in [0.1, 0.15) is 12.4 Å². The average molecular weight is 377 g/mol. The van der Waals surface area contributed by atoms with Crippen molar-refractivity contribution in [2.75, 3.05) is 0 Å². The number of amides is 1. The Hall–Kier alpha value is -2.33. The van der Waals surface area contributed by atoms with Gasteiger partial charge in [0.15, 0.2) is 0 Å². The van der Waals surface area contributed by atoms with Crippen molar-refractivity contribution in [1.29, 1.82) is 0 Å². The number of rotatable bonds is 5. The summed E-state index contributed by atoms with van der Waals surface area (Å²) < 4.78 is 5.79. The lowest BCUT2D eigenvalue weighted by molar-refractivity contribution is 0.0309. The molecule has 28 heavy (non-hydrogen) atoms. The van der Waals surface area contributed by atoms with E-state index in [9.17, 15) is 9.90 Å². The van der Waals surface area contributed by atoms with Crippen LogP contribution in [-0.2, 0) is 6.61 Å². The van der Waals surface area contributed by atoms with E-state index >= 15 is 0 Å². The molecule has 0 saturated heterocycles. The van der Waals surface area contributed by atoms with Crippen LogP contribution in [0.25, 0.3) is 0 Å². The topological polar surface area (TPSA) is 58.6 Å². The van der Waals surface area contributed by atoms with E-state index in [0.717, 1.165) is 17.7 Å². The van der Waals surface area contributed by atoms with Gasteiger partial charge in [-0.05, 0) is 72.8 Å². The fourth-order valence-electron chi connectivity index (χ4n) is 5.94. The van der Waals surface area contributed by atoms with E-state index in [4.69, 9.17) is 4.74 Å². The maximum absolute atomic E-state index is 12.7. The highest BCUT2D eigenvalue weighted by Crippen LogP contribution is 2.58. The number of aliphatic hydroxyl groups is 1. The van der Waals surface area contributed by atoms with Crippen molar-refractivity contribution in [3.63, 3.8) is 0 Å². The van der Waals surface area contributed by atoms with Gasteiger partial charge in [0, 0.05) is 5.56 Å². The molecule has 0 aromatic heterocycles. The average Bonchev–Trinajstić information content (AvgIpc) is 3.41. The van der Waals surface area contributed by atoms with Crippen LogP contribution in [0, 0.1) is 23.7 Å². The largest absolute Gasteiger partial charge is 0.489 e. The minimum absolute atomic E-state index is 0.0918. The minimum Gasteiger partial charge on any atom is -0.489 e. The number of carbonyl (C=O) groups excluding carboxylic acids is 1. The standard InChI is InChI=1S/C24H27NO3/c26-23-21-13-20(18-7-4-8-19(18)21)22(23)25-24(27)16-9-11-17(12-10-16)28-14-15-5-2-1-3-6-15/h1-3,5-6,9-12,18-23,26H,4,7-8,13-14H2,(H,25,27). The normalized spacial score (nSPS) is 32.9. The first-order chi connectivity index (χ1) is 13.7. The molecule has 3 aliphatic rings. The number of carbonyl (C=O) groups is 1. The zero-order valence-corrected chi connectivity index (χ0v) is 16.0. The minimum atomic E-state index is -0.387. The first kappa shape index (κ1) is 17.7. The predicted molar refractivity (Wildman–Crippen MR) is 107 cm³/mol. The lowest BCUT2D eigenvalue weighted by Gasteiger charge is -2.36. The molecule has 0 radical (unpaired) electrons. The smallest absolute Gasteiger partial charge is 0.251 e. The molecule has 2 bridgehead atoms. The molecule has 6 atom stereocenters. The number of ether oxygens (including phenoxy) is 1. The summed E-state index contributed by atoms with van der Waals surface area (Å²) in [6, 6.07) is 17.2. The molecule has 2 aromatic carbocycles. The number of benzene rings is 2. The molecule has 3 aliphatic carbocycles. The van der Waals surface area contributed by atoms with Gasteiger partial charge in [0.25, 0.3) is 5.91 Å². The van der Waals surface area contributed by atoms with Crippen LogP contribution in [0.2, 0.25) is 0 Å². The van der Waals surface area contributed by atoms with Gasteiger partial charge in [-0.2, -0.15) is 0 Å². The second-order valence-corrected chi connectivity index (χ2v) is 8.61. The molecule has 5 rings (SSSR count). The second-order valence-electron chi connectivity index (χ2n) is 8.61. The van der Waals surface area contributed by atoms with E-state index in [2.05, 4.69) is 5.32 Å². The van der Waals surface area contributed by atoms with Crippen LogP contribution in [0.1, 0.15) is 41.6 Å². The summed E-state index contributed by atoms with van der Waals surface area (Å²) in [7, 11) is 0. The van der Waals surface area contributed by atoms with Crippen LogP contribution in [0.3, 0.4) is 0 Å². The lowest BCUT2D eigenvalue weighted by Crippen LogP contribution is -2.50. The molecule has 4 heteroatoms. The maximum Gasteiger partial charge on any atom is 0.251 e.